The Morgan fingerprint density at radius 3 is 2.32 bits per heavy atom. The van der Waals surface area contributed by atoms with Gasteiger partial charge in [-0.2, -0.15) is 0 Å². The number of amides is 1. The van der Waals surface area contributed by atoms with Gasteiger partial charge in [-0.25, -0.2) is 0 Å². The molecule has 2 nitrogen and oxygen atoms in total. The van der Waals surface area contributed by atoms with Crippen LogP contribution in [-0.4, -0.2) is 22.9 Å². The van der Waals surface area contributed by atoms with E-state index in [9.17, 15) is 4.79 Å². The van der Waals surface area contributed by atoms with Gasteiger partial charge in [-0.15, -0.1) is 0 Å². The SMILES string of the molecule is CC(C)N(C(=O)C1CC1c1ccccc1Cl)C(C)C. The zero-order valence-corrected chi connectivity index (χ0v) is 12.8. The molecule has 0 aromatic heterocycles. The maximum absolute atomic E-state index is 12.6. The topological polar surface area (TPSA) is 20.3 Å². The molecule has 1 fully saturated rings. The van der Waals surface area contributed by atoms with Crippen molar-refractivity contribution in [2.45, 2.75) is 52.1 Å². The van der Waals surface area contributed by atoms with Crippen LogP contribution in [0.25, 0.3) is 0 Å². The van der Waals surface area contributed by atoms with Gasteiger partial charge in [0.2, 0.25) is 5.91 Å². The highest BCUT2D eigenvalue weighted by Crippen LogP contribution is 2.50. The zero-order valence-electron chi connectivity index (χ0n) is 12.1. The Morgan fingerprint density at radius 2 is 1.79 bits per heavy atom. The molecule has 19 heavy (non-hydrogen) atoms. The Bertz CT molecular complexity index is 462. The summed E-state index contributed by atoms with van der Waals surface area (Å²) in [5, 5.41) is 0.781. The molecule has 1 aliphatic carbocycles. The van der Waals surface area contributed by atoms with E-state index in [0.29, 0.717) is 5.92 Å². The van der Waals surface area contributed by atoms with Crippen molar-refractivity contribution in [3.63, 3.8) is 0 Å². The van der Waals surface area contributed by atoms with Gasteiger partial charge in [-0.05, 0) is 51.7 Å². The fourth-order valence-electron chi connectivity index (χ4n) is 2.88. The van der Waals surface area contributed by atoms with E-state index < -0.39 is 0 Å². The number of halogens is 1. The van der Waals surface area contributed by atoms with Crippen molar-refractivity contribution in [2.75, 3.05) is 0 Å². The molecule has 2 rings (SSSR count). The normalized spacial score (nSPS) is 21.8. The number of rotatable bonds is 4. The van der Waals surface area contributed by atoms with Crippen LogP contribution in [0.15, 0.2) is 24.3 Å². The quantitative estimate of drug-likeness (QED) is 0.813. The van der Waals surface area contributed by atoms with Gasteiger partial charge in [0.1, 0.15) is 0 Å². The Balaban J connectivity index is 2.10. The lowest BCUT2D eigenvalue weighted by atomic mass is 10.1. The smallest absolute Gasteiger partial charge is 0.226 e. The van der Waals surface area contributed by atoms with E-state index >= 15 is 0 Å². The second-order valence-electron chi connectivity index (χ2n) is 5.90. The zero-order chi connectivity index (χ0) is 14.2. The molecule has 2 unspecified atom stereocenters. The van der Waals surface area contributed by atoms with E-state index in [1.807, 2.05) is 29.2 Å². The first-order chi connectivity index (χ1) is 8.93. The molecule has 0 radical (unpaired) electrons. The highest BCUT2D eigenvalue weighted by molar-refractivity contribution is 6.31. The minimum atomic E-state index is 0.115. The summed E-state index contributed by atoms with van der Waals surface area (Å²) < 4.78 is 0. The molecule has 3 heteroatoms. The van der Waals surface area contributed by atoms with Crippen LogP contribution in [0.3, 0.4) is 0 Å². The van der Waals surface area contributed by atoms with Crippen LogP contribution < -0.4 is 0 Å². The van der Waals surface area contributed by atoms with Crippen LogP contribution in [0.1, 0.15) is 45.6 Å². The second-order valence-corrected chi connectivity index (χ2v) is 6.31. The molecule has 0 spiro atoms. The monoisotopic (exact) mass is 279 g/mol. The summed E-state index contributed by atoms with van der Waals surface area (Å²) in [5.74, 6) is 0.695. The van der Waals surface area contributed by atoms with Crippen LogP contribution in [-0.2, 0) is 4.79 Å². The molecule has 1 aromatic rings. The van der Waals surface area contributed by atoms with Gasteiger partial charge in [0.05, 0.1) is 0 Å². The van der Waals surface area contributed by atoms with Crippen molar-refractivity contribution < 1.29 is 4.79 Å². The van der Waals surface area contributed by atoms with Gasteiger partial charge in [0.25, 0.3) is 0 Å². The number of nitrogens with zero attached hydrogens (tertiary/aromatic N) is 1. The molecule has 0 saturated heterocycles. The van der Waals surface area contributed by atoms with Gasteiger partial charge in [-0.3, -0.25) is 4.79 Å². The summed E-state index contributed by atoms with van der Waals surface area (Å²) in [5.41, 5.74) is 1.12. The molecule has 1 aliphatic rings. The van der Waals surface area contributed by atoms with Crippen molar-refractivity contribution in [1.82, 2.24) is 4.90 Å². The molecular formula is C16H22ClNO. The van der Waals surface area contributed by atoms with E-state index in [4.69, 9.17) is 11.6 Å². The summed E-state index contributed by atoms with van der Waals surface area (Å²) in [6.45, 7) is 8.30. The van der Waals surface area contributed by atoms with Crippen LogP contribution in [0.4, 0.5) is 0 Å². The average molecular weight is 280 g/mol. The van der Waals surface area contributed by atoms with Crippen LogP contribution >= 0.6 is 11.6 Å². The first-order valence-corrected chi connectivity index (χ1v) is 7.38. The predicted molar refractivity (Wildman–Crippen MR) is 79.4 cm³/mol. The maximum Gasteiger partial charge on any atom is 0.226 e. The van der Waals surface area contributed by atoms with Crippen LogP contribution in [0, 0.1) is 5.92 Å². The van der Waals surface area contributed by atoms with Crippen molar-refractivity contribution in [2.24, 2.45) is 5.92 Å². The highest BCUT2D eigenvalue weighted by Gasteiger charge is 2.47. The summed E-state index contributed by atoms with van der Waals surface area (Å²) >= 11 is 6.21. The number of hydrogen-bond acceptors (Lipinski definition) is 1. The fraction of sp³-hybridized carbons (Fsp3) is 0.562. The standard InChI is InChI=1S/C16H22ClNO/c1-10(2)18(11(3)4)16(19)14-9-13(14)12-7-5-6-8-15(12)17/h5-8,10-11,13-14H,9H2,1-4H3. The molecule has 1 amide bonds. The first-order valence-electron chi connectivity index (χ1n) is 7.00. The minimum Gasteiger partial charge on any atom is -0.338 e. The van der Waals surface area contributed by atoms with E-state index in [-0.39, 0.29) is 23.9 Å². The summed E-state index contributed by atoms with van der Waals surface area (Å²) in [6.07, 6.45) is 0.929. The van der Waals surface area contributed by atoms with Crippen LogP contribution in [0.2, 0.25) is 5.02 Å². The van der Waals surface area contributed by atoms with Crippen LogP contribution in [0.5, 0.6) is 0 Å². The largest absolute Gasteiger partial charge is 0.338 e. The lowest BCUT2D eigenvalue weighted by Crippen LogP contribution is -2.43. The average Bonchev–Trinajstić information content (AvgIpc) is 3.08. The third-order valence-electron chi connectivity index (χ3n) is 3.78. The Morgan fingerprint density at radius 1 is 1.21 bits per heavy atom. The summed E-state index contributed by atoms with van der Waals surface area (Å²) in [4.78, 5) is 14.6. The van der Waals surface area contributed by atoms with E-state index in [1.165, 1.54) is 0 Å². The van der Waals surface area contributed by atoms with Gasteiger partial charge in [0, 0.05) is 23.0 Å². The summed E-state index contributed by atoms with van der Waals surface area (Å²) in [7, 11) is 0. The Labute approximate surface area is 120 Å². The van der Waals surface area contributed by atoms with Crippen molar-refractivity contribution in [3.05, 3.63) is 34.9 Å². The molecule has 0 aliphatic heterocycles. The second kappa shape index (κ2) is 5.54. The molecule has 0 heterocycles. The number of benzene rings is 1. The molecule has 1 saturated carbocycles. The minimum absolute atomic E-state index is 0.115. The summed E-state index contributed by atoms with van der Waals surface area (Å²) in [6, 6.07) is 8.36. The molecular weight excluding hydrogens is 258 g/mol. The maximum atomic E-state index is 12.6. The van der Waals surface area contributed by atoms with E-state index in [2.05, 4.69) is 27.7 Å². The highest BCUT2D eigenvalue weighted by atomic mass is 35.5. The third kappa shape index (κ3) is 2.94. The molecule has 2 atom stereocenters. The number of carbonyl (C=O) groups excluding carboxylic acids is 1. The number of hydrogen-bond donors (Lipinski definition) is 0. The van der Waals surface area contributed by atoms with Crippen molar-refractivity contribution in [3.8, 4) is 0 Å². The van der Waals surface area contributed by atoms with Gasteiger partial charge < -0.3 is 4.90 Å². The molecule has 1 aromatic carbocycles. The van der Waals surface area contributed by atoms with Gasteiger partial charge in [-0.1, -0.05) is 29.8 Å². The van der Waals surface area contributed by atoms with Gasteiger partial charge >= 0.3 is 0 Å². The van der Waals surface area contributed by atoms with Crippen molar-refractivity contribution >= 4 is 17.5 Å². The fourth-order valence-corrected chi connectivity index (χ4v) is 3.16. The molecule has 104 valence electrons. The van der Waals surface area contributed by atoms with Gasteiger partial charge in [0.15, 0.2) is 0 Å². The number of carbonyl (C=O) groups is 1. The lowest BCUT2D eigenvalue weighted by molar-refractivity contribution is -0.136. The lowest BCUT2D eigenvalue weighted by Gasteiger charge is -2.31. The third-order valence-corrected chi connectivity index (χ3v) is 4.12. The predicted octanol–water partition coefficient (Wildman–Crippen LogP) is 4.09. The molecule has 0 bridgehead atoms. The van der Waals surface area contributed by atoms with Crippen molar-refractivity contribution in [1.29, 1.82) is 0 Å². The molecule has 0 N–H and O–H groups in total. The van der Waals surface area contributed by atoms with E-state index in [1.54, 1.807) is 0 Å². The Kier molecular flexibility index (Phi) is 4.19. The van der Waals surface area contributed by atoms with E-state index in [0.717, 1.165) is 17.0 Å². The first kappa shape index (κ1) is 14.4. The Hall–Kier alpha value is -1.02.